The molecule has 0 saturated carbocycles. The third kappa shape index (κ3) is 4.05. The van der Waals surface area contributed by atoms with Crippen LogP contribution >= 0.6 is 0 Å². The molecule has 0 spiro atoms. The predicted octanol–water partition coefficient (Wildman–Crippen LogP) is 2.69. The van der Waals surface area contributed by atoms with Crippen molar-refractivity contribution in [3.63, 3.8) is 0 Å². The van der Waals surface area contributed by atoms with E-state index in [1.165, 1.54) is 6.08 Å². The lowest BCUT2D eigenvalue weighted by Crippen LogP contribution is -2.17. The molecule has 0 aromatic heterocycles. The minimum atomic E-state index is -0.994. The van der Waals surface area contributed by atoms with Gasteiger partial charge in [-0.2, -0.15) is 0 Å². The van der Waals surface area contributed by atoms with Crippen molar-refractivity contribution in [3.05, 3.63) is 35.4 Å². The molecule has 0 aliphatic heterocycles. The molecule has 18 heavy (non-hydrogen) atoms. The first-order valence-corrected chi connectivity index (χ1v) is 5.72. The normalized spacial score (nSPS) is 10.9. The first-order chi connectivity index (χ1) is 8.40. The molecule has 0 saturated heterocycles. The van der Waals surface area contributed by atoms with Crippen molar-refractivity contribution in [3.8, 4) is 0 Å². The molecule has 0 fully saturated rings. The Kier molecular flexibility index (Phi) is 4.66. The number of benzene rings is 1. The van der Waals surface area contributed by atoms with Crippen LogP contribution in [0.25, 0.3) is 6.08 Å². The van der Waals surface area contributed by atoms with Gasteiger partial charge in [0.05, 0.1) is 0 Å². The van der Waals surface area contributed by atoms with E-state index in [0.717, 1.165) is 17.2 Å². The number of hydrogen-bond donors (Lipinski definition) is 2. The number of carbonyl (C=O) groups excluding carboxylic acids is 1. The van der Waals surface area contributed by atoms with Crippen LogP contribution in [0.2, 0.25) is 0 Å². The molecule has 4 nitrogen and oxygen atoms in total. The molecule has 0 bridgehead atoms. The summed E-state index contributed by atoms with van der Waals surface area (Å²) < 4.78 is 0. The molecule has 96 valence electrons. The SMILES string of the molecule is Cc1ccc(NC(=O)C(C)C)cc1C=CC(=O)O. The van der Waals surface area contributed by atoms with Gasteiger partial charge in [-0.15, -0.1) is 0 Å². The lowest BCUT2D eigenvalue weighted by Gasteiger charge is -2.09. The van der Waals surface area contributed by atoms with Crippen LogP contribution < -0.4 is 5.32 Å². The molecule has 4 heteroatoms. The van der Waals surface area contributed by atoms with Crippen molar-refractivity contribution < 1.29 is 14.7 Å². The monoisotopic (exact) mass is 247 g/mol. The van der Waals surface area contributed by atoms with Crippen molar-refractivity contribution in [1.29, 1.82) is 0 Å². The Balaban J connectivity index is 2.93. The van der Waals surface area contributed by atoms with Crippen LogP contribution in [-0.2, 0) is 9.59 Å². The third-order valence-electron chi connectivity index (χ3n) is 2.48. The van der Waals surface area contributed by atoms with E-state index in [4.69, 9.17) is 5.11 Å². The van der Waals surface area contributed by atoms with Gasteiger partial charge in [-0.05, 0) is 36.3 Å². The lowest BCUT2D eigenvalue weighted by molar-refractivity contribution is -0.131. The van der Waals surface area contributed by atoms with Crippen LogP contribution in [0.15, 0.2) is 24.3 Å². The van der Waals surface area contributed by atoms with E-state index in [1.807, 2.05) is 26.8 Å². The van der Waals surface area contributed by atoms with Gasteiger partial charge >= 0.3 is 5.97 Å². The van der Waals surface area contributed by atoms with Gasteiger partial charge in [0.2, 0.25) is 5.91 Å². The van der Waals surface area contributed by atoms with Crippen LogP contribution in [0.5, 0.6) is 0 Å². The van der Waals surface area contributed by atoms with E-state index >= 15 is 0 Å². The predicted molar refractivity (Wildman–Crippen MR) is 71.3 cm³/mol. The summed E-state index contributed by atoms with van der Waals surface area (Å²) in [6, 6.07) is 5.40. The highest BCUT2D eigenvalue weighted by Gasteiger charge is 2.07. The Bertz CT molecular complexity index is 490. The second-order valence-electron chi connectivity index (χ2n) is 4.39. The zero-order valence-corrected chi connectivity index (χ0v) is 10.7. The molecule has 0 aliphatic rings. The van der Waals surface area contributed by atoms with E-state index in [0.29, 0.717) is 5.69 Å². The number of amides is 1. The number of aryl methyl sites for hydroxylation is 1. The highest BCUT2D eigenvalue weighted by molar-refractivity contribution is 5.92. The summed E-state index contributed by atoms with van der Waals surface area (Å²) in [4.78, 5) is 22.0. The minimum absolute atomic E-state index is 0.0629. The highest BCUT2D eigenvalue weighted by atomic mass is 16.4. The van der Waals surface area contributed by atoms with Gasteiger partial charge in [0.1, 0.15) is 0 Å². The van der Waals surface area contributed by atoms with Crippen LogP contribution in [0.1, 0.15) is 25.0 Å². The van der Waals surface area contributed by atoms with Gasteiger partial charge in [0, 0.05) is 17.7 Å². The number of rotatable bonds is 4. The number of carboxylic acid groups (broad SMARTS) is 1. The Labute approximate surface area is 106 Å². The van der Waals surface area contributed by atoms with Crippen LogP contribution in [0, 0.1) is 12.8 Å². The van der Waals surface area contributed by atoms with Gasteiger partial charge in [-0.25, -0.2) is 4.79 Å². The van der Waals surface area contributed by atoms with E-state index in [2.05, 4.69) is 5.32 Å². The topological polar surface area (TPSA) is 66.4 Å². The molecule has 0 unspecified atom stereocenters. The second-order valence-corrected chi connectivity index (χ2v) is 4.39. The quantitative estimate of drug-likeness (QED) is 0.804. The zero-order chi connectivity index (χ0) is 13.7. The first-order valence-electron chi connectivity index (χ1n) is 5.72. The fraction of sp³-hybridized carbons (Fsp3) is 0.286. The molecular weight excluding hydrogens is 230 g/mol. The van der Waals surface area contributed by atoms with Crippen molar-refractivity contribution in [1.82, 2.24) is 0 Å². The maximum atomic E-state index is 11.6. The van der Waals surface area contributed by atoms with Crippen molar-refractivity contribution in [2.24, 2.45) is 5.92 Å². The van der Waals surface area contributed by atoms with Gasteiger partial charge in [0.25, 0.3) is 0 Å². The molecule has 0 radical (unpaired) electrons. The third-order valence-corrected chi connectivity index (χ3v) is 2.48. The van der Waals surface area contributed by atoms with Crippen LogP contribution in [0.3, 0.4) is 0 Å². The molecule has 1 rings (SSSR count). The standard InChI is InChI=1S/C14H17NO3/c1-9(2)14(18)15-12-6-4-10(3)11(8-12)5-7-13(16)17/h4-9H,1-3H3,(H,15,18)(H,16,17). The van der Waals surface area contributed by atoms with Crippen molar-refractivity contribution >= 4 is 23.6 Å². The molecule has 1 aromatic carbocycles. The average Bonchev–Trinajstić information content (AvgIpc) is 2.29. The maximum absolute atomic E-state index is 11.6. The largest absolute Gasteiger partial charge is 0.478 e. The summed E-state index contributed by atoms with van der Waals surface area (Å²) in [6.07, 6.45) is 2.60. The molecule has 1 aromatic rings. The van der Waals surface area contributed by atoms with E-state index in [-0.39, 0.29) is 11.8 Å². The minimum Gasteiger partial charge on any atom is -0.478 e. The number of anilines is 1. The molecule has 0 heterocycles. The Hall–Kier alpha value is -2.10. The van der Waals surface area contributed by atoms with Crippen LogP contribution in [0.4, 0.5) is 5.69 Å². The summed E-state index contributed by atoms with van der Waals surface area (Å²) in [6.45, 7) is 5.51. The van der Waals surface area contributed by atoms with E-state index < -0.39 is 5.97 Å². The molecular formula is C14H17NO3. The summed E-state index contributed by atoms with van der Waals surface area (Å²) in [5, 5.41) is 11.4. The molecule has 2 N–H and O–H groups in total. The second kappa shape index (κ2) is 6.00. The fourth-order valence-electron chi connectivity index (χ4n) is 1.35. The fourth-order valence-corrected chi connectivity index (χ4v) is 1.35. The summed E-state index contributed by atoms with van der Waals surface area (Å²) >= 11 is 0. The Morgan fingerprint density at radius 2 is 2.00 bits per heavy atom. The maximum Gasteiger partial charge on any atom is 0.328 e. The van der Waals surface area contributed by atoms with Crippen LogP contribution in [-0.4, -0.2) is 17.0 Å². The molecule has 0 atom stereocenters. The van der Waals surface area contributed by atoms with E-state index in [1.54, 1.807) is 12.1 Å². The van der Waals surface area contributed by atoms with Gasteiger partial charge in [0.15, 0.2) is 0 Å². The lowest BCUT2D eigenvalue weighted by atomic mass is 10.1. The number of hydrogen-bond acceptors (Lipinski definition) is 2. The average molecular weight is 247 g/mol. The zero-order valence-electron chi connectivity index (χ0n) is 10.7. The summed E-state index contributed by atoms with van der Waals surface area (Å²) in [7, 11) is 0. The number of carbonyl (C=O) groups is 2. The summed E-state index contributed by atoms with van der Waals surface area (Å²) in [5.41, 5.74) is 2.40. The van der Waals surface area contributed by atoms with Gasteiger partial charge in [-0.3, -0.25) is 4.79 Å². The smallest absolute Gasteiger partial charge is 0.328 e. The highest BCUT2D eigenvalue weighted by Crippen LogP contribution is 2.17. The summed E-state index contributed by atoms with van der Waals surface area (Å²) in [5.74, 6) is -1.15. The molecule has 0 aliphatic carbocycles. The number of aliphatic carboxylic acids is 1. The first kappa shape index (κ1) is 14.0. The Morgan fingerprint density at radius 3 is 2.56 bits per heavy atom. The van der Waals surface area contributed by atoms with Gasteiger partial charge < -0.3 is 10.4 Å². The van der Waals surface area contributed by atoms with Gasteiger partial charge in [-0.1, -0.05) is 19.9 Å². The Morgan fingerprint density at radius 1 is 1.33 bits per heavy atom. The number of nitrogens with one attached hydrogen (secondary N) is 1. The van der Waals surface area contributed by atoms with Crippen molar-refractivity contribution in [2.75, 3.05) is 5.32 Å². The molecule has 1 amide bonds. The van der Waals surface area contributed by atoms with Crippen molar-refractivity contribution in [2.45, 2.75) is 20.8 Å². The number of carboxylic acids is 1. The van der Waals surface area contributed by atoms with E-state index in [9.17, 15) is 9.59 Å².